The van der Waals surface area contributed by atoms with Crippen molar-refractivity contribution < 1.29 is 14.3 Å². The van der Waals surface area contributed by atoms with Crippen molar-refractivity contribution in [3.63, 3.8) is 0 Å². The third-order valence-electron chi connectivity index (χ3n) is 2.95. The van der Waals surface area contributed by atoms with Gasteiger partial charge in [0.2, 0.25) is 5.91 Å². The Morgan fingerprint density at radius 2 is 1.91 bits per heavy atom. The van der Waals surface area contributed by atoms with E-state index in [1.165, 1.54) is 18.3 Å². The lowest BCUT2D eigenvalue weighted by Crippen LogP contribution is -2.14. The average molecular weight is 339 g/mol. The molecule has 2 rings (SSSR count). The smallest absolute Gasteiger partial charge is 0.357 e. The van der Waals surface area contributed by atoms with Gasteiger partial charge in [-0.05, 0) is 36.8 Å². The lowest BCUT2D eigenvalue weighted by molar-refractivity contribution is 0.0330. The highest BCUT2D eigenvalue weighted by atomic mass is 35.5. The molecule has 114 valence electrons. The summed E-state index contributed by atoms with van der Waals surface area (Å²) in [4.78, 5) is 26.8. The van der Waals surface area contributed by atoms with Gasteiger partial charge >= 0.3 is 5.97 Å². The lowest BCUT2D eigenvalue weighted by atomic mass is 10.1. The van der Waals surface area contributed by atoms with Gasteiger partial charge in [0.05, 0.1) is 15.6 Å². The minimum Gasteiger partial charge on any atom is -0.453 e. The first-order chi connectivity index (χ1) is 10.4. The van der Waals surface area contributed by atoms with Gasteiger partial charge in [-0.15, -0.1) is 0 Å². The standard InChI is InChI=1S/C15H12Cl2N2O3/c1-8(9-2-4-11(16)12(17)6-9)22-15(21)13-5-3-10(7-19-13)14(18)20/h2-8H,1H3,(H2,18,20). The van der Waals surface area contributed by atoms with E-state index in [4.69, 9.17) is 33.7 Å². The third-order valence-corrected chi connectivity index (χ3v) is 3.69. The maximum absolute atomic E-state index is 12.0. The van der Waals surface area contributed by atoms with Crippen molar-refractivity contribution >= 4 is 35.1 Å². The Morgan fingerprint density at radius 1 is 1.18 bits per heavy atom. The Kier molecular flexibility index (Phi) is 5.00. The molecular weight excluding hydrogens is 327 g/mol. The van der Waals surface area contributed by atoms with Gasteiger partial charge in [-0.2, -0.15) is 0 Å². The summed E-state index contributed by atoms with van der Waals surface area (Å²) in [7, 11) is 0. The molecule has 0 aliphatic carbocycles. The van der Waals surface area contributed by atoms with E-state index in [-0.39, 0.29) is 11.3 Å². The Balaban J connectivity index is 2.10. The number of carbonyl (C=O) groups excluding carboxylic acids is 2. The fourth-order valence-corrected chi connectivity index (χ4v) is 2.02. The van der Waals surface area contributed by atoms with Crippen LogP contribution in [0.3, 0.4) is 0 Å². The van der Waals surface area contributed by atoms with E-state index in [1.807, 2.05) is 0 Å². The Hall–Kier alpha value is -2.11. The quantitative estimate of drug-likeness (QED) is 0.866. The van der Waals surface area contributed by atoms with Crippen LogP contribution in [0.25, 0.3) is 0 Å². The molecule has 0 saturated heterocycles. The van der Waals surface area contributed by atoms with E-state index in [0.29, 0.717) is 15.6 Å². The maximum atomic E-state index is 12.0. The van der Waals surface area contributed by atoms with Crippen LogP contribution in [0, 0.1) is 0 Å². The van der Waals surface area contributed by atoms with E-state index < -0.39 is 18.0 Å². The molecule has 0 aliphatic rings. The number of hydrogen-bond acceptors (Lipinski definition) is 4. The molecule has 0 aliphatic heterocycles. The maximum Gasteiger partial charge on any atom is 0.357 e. The van der Waals surface area contributed by atoms with Crippen molar-refractivity contribution in [1.29, 1.82) is 0 Å². The summed E-state index contributed by atoms with van der Waals surface area (Å²) in [5.74, 6) is -1.23. The van der Waals surface area contributed by atoms with Gasteiger partial charge in [0.1, 0.15) is 11.8 Å². The van der Waals surface area contributed by atoms with Crippen molar-refractivity contribution in [2.75, 3.05) is 0 Å². The van der Waals surface area contributed by atoms with Crippen LogP contribution < -0.4 is 5.73 Å². The van der Waals surface area contributed by atoms with Crippen LogP contribution in [0.2, 0.25) is 10.0 Å². The number of carbonyl (C=O) groups is 2. The van der Waals surface area contributed by atoms with Gasteiger partial charge in [0.15, 0.2) is 0 Å². The van der Waals surface area contributed by atoms with Crippen LogP contribution >= 0.6 is 23.2 Å². The molecule has 2 N–H and O–H groups in total. The number of esters is 1. The summed E-state index contributed by atoms with van der Waals surface area (Å²) in [5.41, 5.74) is 6.11. The SMILES string of the molecule is CC(OC(=O)c1ccc(C(N)=O)cn1)c1ccc(Cl)c(Cl)c1. The molecule has 1 amide bonds. The lowest BCUT2D eigenvalue weighted by Gasteiger charge is -2.14. The zero-order chi connectivity index (χ0) is 16.3. The predicted molar refractivity (Wildman–Crippen MR) is 83.0 cm³/mol. The number of nitrogens with zero attached hydrogens (tertiary/aromatic N) is 1. The van der Waals surface area contributed by atoms with Crippen LogP contribution in [0.5, 0.6) is 0 Å². The summed E-state index contributed by atoms with van der Waals surface area (Å²) in [6, 6.07) is 7.77. The fraction of sp³-hybridized carbons (Fsp3) is 0.133. The summed E-state index contributed by atoms with van der Waals surface area (Å²) in [6.07, 6.45) is 0.697. The van der Waals surface area contributed by atoms with Crippen molar-refractivity contribution in [3.8, 4) is 0 Å². The number of ether oxygens (including phenoxy) is 1. The molecule has 1 unspecified atom stereocenters. The van der Waals surface area contributed by atoms with Crippen LogP contribution in [0.1, 0.15) is 39.4 Å². The molecule has 0 spiro atoms. The molecule has 0 bridgehead atoms. The molecular formula is C15H12Cl2N2O3. The van der Waals surface area contributed by atoms with E-state index in [0.717, 1.165) is 0 Å². The van der Waals surface area contributed by atoms with Gasteiger partial charge in [-0.25, -0.2) is 9.78 Å². The summed E-state index contributed by atoms with van der Waals surface area (Å²) in [5, 5.41) is 0.804. The molecule has 0 fully saturated rings. The van der Waals surface area contributed by atoms with Crippen LogP contribution in [0.4, 0.5) is 0 Å². The largest absolute Gasteiger partial charge is 0.453 e. The molecule has 2 aromatic rings. The number of primary amides is 1. The van der Waals surface area contributed by atoms with Crippen LogP contribution in [0.15, 0.2) is 36.5 Å². The number of halogens is 2. The average Bonchev–Trinajstić information content (AvgIpc) is 2.50. The zero-order valence-electron chi connectivity index (χ0n) is 11.5. The van der Waals surface area contributed by atoms with Crippen LogP contribution in [-0.4, -0.2) is 16.9 Å². The Labute approximate surface area is 137 Å². The van der Waals surface area contributed by atoms with Gasteiger partial charge in [-0.3, -0.25) is 4.79 Å². The summed E-state index contributed by atoms with van der Waals surface area (Å²) in [6.45, 7) is 1.70. The molecule has 1 atom stereocenters. The number of benzene rings is 1. The first-order valence-electron chi connectivity index (χ1n) is 6.30. The first-order valence-corrected chi connectivity index (χ1v) is 7.06. The number of pyridine rings is 1. The van der Waals surface area contributed by atoms with E-state index in [1.54, 1.807) is 25.1 Å². The summed E-state index contributed by atoms with van der Waals surface area (Å²) < 4.78 is 5.30. The Bertz CT molecular complexity index is 717. The molecule has 1 aromatic carbocycles. The fourth-order valence-electron chi connectivity index (χ4n) is 1.71. The number of rotatable bonds is 4. The monoisotopic (exact) mass is 338 g/mol. The number of nitrogens with two attached hydrogens (primary N) is 1. The second-order valence-corrected chi connectivity index (χ2v) is 5.33. The van der Waals surface area contributed by atoms with Crippen molar-refractivity contribution in [2.24, 2.45) is 5.73 Å². The first kappa shape index (κ1) is 16.3. The number of hydrogen-bond donors (Lipinski definition) is 1. The molecule has 7 heteroatoms. The van der Waals surface area contributed by atoms with E-state index in [2.05, 4.69) is 4.98 Å². The minimum atomic E-state index is -0.616. The van der Waals surface area contributed by atoms with E-state index in [9.17, 15) is 9.59 Å². The van der Waals surface area contributed by atoms with E-state index >= 15 is 0 Å². The van der Waals surface area contributed by atoms with Gasteiger partial charge < -0.3 is 10.5 Å². The highest BCUT2D eigenvalue weighted by Gasteiger charge is 2.16. The molecule has 0 radical (unpaired) electrons. The highest BCUT2D eigenvalue weighted by molar-refractivity contribution is 6.42. The second-order valence-electron chi connectivity index (χ2n) is 4.52. The number of aromatic nitrogens is 1. The normalized spacial score (nSPS) is 11.8. The zero-order valence-corrected chi connectivity index (χ0v) is 13.1. The molecule has 0 saturated carbocycles. The highest BCUT2D eigenvalue weighted by Crippen LogP contribution is 2.27. The molecule has 22 heavy (non-hydrogen) atoms. The Morgan fingerprint density at radius 3 is 2.45 bits per heavy atom. The molecule has 1 aromatic heterocycles. The van der Waals surface area contributed by atoms with Gasteiger partial charge in [0, 0.05) is 6.20 Å². The molecule has 1 heterocycles. The van der Waals surface area contributed by atoms with Crippen molar-refractivity contribution in [1.82, 2.24) is 4.98 Å². The topological polar surface area (TPSA) is 82.3 Å². The third kappa shape index (κ3) is 3.75. The predicted octanol–water partition coefficient (Wildman–Crippen LogP) is 3.41. The van der Waals surface area contributed by atoms with Crippen molar-refractivity contribution in [3.05, 3.63) is 63.4 Å². The minimum absolute atomic E-state index is 0.0805. The summed E-state index contributed by atoms with van der Waals surface area (Å²) >= 11 is 11.8. The van der Waals surface area contributed by atoms with Gasteiger partial charge in [0.25, 0.3) is 0 Å². The number of amides is 1. The molecule has 5 nitrogen and oxygen atoms in total. The van der Waals surface area contributed by atoms with Gasteiger partial charge in [-0.1, -0.05) is 29.3 Å². The van der Waals surface area contributed by atoms with Crippen molar-refractivity contribution in [2.45, 2.75) is 13.0 Å². The van der Waals surface area contributed by atoms with Crippen LogP contribution in [-0.2, 0) is 4.74 Å². The second kappa shape index (κ2) is 6.77.